The number of nitrogens with one attached hydrogen (secondary N) is 1. The summed E-state index contributed by atoms with van der Waals surface area (Å²) in [6.45, 7) is -0.171. The van der Waals surface area contributed by atoms with Gasteiger partial charge in [0.1, 0.15) is 6.54 Å². The summed E-state index contributed by atoms with van der Waals surface area (Å²) in [4.78, 5) is 36.8. The van der Waals surface area contributed by atoms with Crippen LogP contribution in [0.1, 0.15) is 10.4 Å². The Kier molecular flexibility index (Phi) is 3.62. The first-order valence-electron chi connectivity index (χ1n) is 7.92. The van der Waals surface area contributed by atoms with Crippen molar-refractivity contribution in [2.75, 3.05) is 16.8 Å². The first-order valence-corrected chi connectivity index (χ1v) is 7.92. The van der Waals surface area contributed by atoms with Crippen molar-refractivity contribution >= 4 is 39.6 Å². The van der Waals surface area contributed by atoms with Crippen molar-refractivity contribution in [3.63, 3.8) is 0 Å². The van der Waals surface area contributed by atoms with Gasteiger partial charge in [-0.15, -0.1) is 0 Å². The predicted molar refractivity (Wildman–Crippen MR) is 97.4 cm³/mol. The van der Waals surface area contributed by atoms with Gasteiger partial charge in [0, 0.05) is 28.8 Å². The normalized spacial score (nSPS) is 12.5. The Labute approximate surface area is 148 Å². The molecule has 2 amide bonds. The smallest absolute Gasteiger partial charge is 0.271 e. The molecule has 1 heterocycles. The largest absolute Gasteiger partial charge is 0.324 e. The Morgan fingerprint density at radius 3 is 2.58 bits per heavy atom. The van der Waals surface area contributed by atoms with Gasteiger partial charge in [-0.2, -0.15) is 0 Å². The van der Waals surface area contributed by atoms with Gasteiger partial charge >= 0.3 is 0 Å². The molecule has 0 aromatic heterocycles. The maximum atomic E-state index is 12.7. The molecule has 7 heteroatoms. The van der Waals surface area contributed by atoms with Gasteiger partial charge in [0.15, 0.2) is 0 Å². The molecular formula is C19H13N3O4. The molecule has 0 unspecified atom stereocenters. The number of anilines is 2. The van der Waals surface area contributed by atoms with Gasteiger partial charge < -0.3 is 5.32 Å². The summed E-state index contributed by atoms with van der Waals surface area (Å²) in [5.41, 5.74) is 1.46. The lowest BCUT2D eigenvalue weighted by Crippen LogP contribution is -2.35. The minimum absolute atomic E-state index is 0.114. The predicted octanol–water partition coefficient (Wildman–Crippen LogP) is 3.35. The average Bonchev–Trinajstić information content (AvgIpc) is 2.90. The summed E-state index contributed by atoms with van der Waals surface area (Å²) < 4.78 is 0. The van der Waals surface area contributed by atoms with E-state index in [1.54, 1.807) is 18.2 Å². The van der Waals surface area contributed by atoms with Gasteiger partial charge in [-0.3, -0.25) is 24.6 Å². The number of carbonyl (C=O) groups is 2. The van der Waals surface area contributed by atoms with Crippen LogP contribution in [0.2, 0.25) is 0 Å². The Morgan fingerprint density at radius 2 is 1.81 bits per heavy atom. The Hall–Kier alpha value is -3.74. The number of non-ortho nitro benzene ring substituents is 1. The second-order valence-corrected chi connectivity index (χ2v) is 5.93. The molecule has 0 radical (unpaired) electrons. The fourth-order valence-corrected chi connectivity index (χ4v) is 3.18. The van der Waals surface area contributed by atoms with E-state index in [2.05, 4.69) is 5.32 Å². The Bertz CT molecular complexity index is 1070. The van der Waals surface area contributed by atoms with E-state index < -0.39 is 10.8 Å². The van der Waals surface area contributed by atoms with Crippen LogP contribution < -0.4 is 10.2 Å². The van der Waals surface area contributed by atoms with Gasteiger partial charge in [-0.25, -0.2) is 0 Å². The van der Waals surface area contributed by atoms with Gasteiger partial charge in [0.25, 0.3) is 11.6 Å². The molecule has 0 aliphatic carbocycles. The lowest BCUT2D eigenvalue weighted by atomic mass is 10.1. The van der Waals surface area contributed by atoms with Crippen molar-refractivity contribution in [2.45, 2.75) is 0 Å². The van der Waals surface area contributed by atoms with Crippen LogP contribution in [0.4, 0.5) is 17.1 Å². The quantitative estimate of drug-likeness (QED) is 0.578. The van der Waals surface area contributed by atoms with Crippen LogP contribution in [0, 0.1) is 10.1 Å². The van der Waals surface area contributed by atoms with Crippen molar-refractivity contribution in [3.8, 4) is 0 Å². The summed E-state index contributed by atoms with van der Waals surface area (Å²) in [6.07, 6.45) is 0. The number of hydrogen-bond donors (Lipinski definition) is 1. The first-order chi connectivity index (χ1) is 12.5. The van der Waals surface area contributed by atoms with E-state index in [9.17, 15) is 19.7 Å². The highest BCUT2D eigenvalue weighted by Gasteiger charge is 2.30. The van der Waals surface area contributed by atoms with Crippen LogP contribution in [0.5, 0.6) is 0 Å². The van der Waals surface area contributed by atoms with Crippen LogP contribution >= 0.6 is 0 Å². The fourth-order valence-electron chi connectivity index (χ4n) is 3.18. The molecule has 3 aromatic carbocycles. The standard InChI is InChI=1S/C19H13N3O4/c23-17(20-13-6-3-7-14(10-13)22(25)26)11-21-16-9-2-5-12-4-1-8-15(18(12)16)19(21)24/h1-10H,11H2,(H,20,23). The Morgan fingerprint density at radius 1 is 1.08 bits per heavy atom. The molecule has 0 spiro atoms. The number of nitrogens with zero attached hydrogens (tertiary/aromatic N) is 2. The minimum Gasteiger partial charge on any atom is -0.324 e. The van der Waals surface area contributed by atoms with Gasteiger partial charge in [-0.1, -0.05) is 30.3 Å². The zero-order chi connectivity index (χ0) is 18.3. The van der Waals surface area contributed by atoms with Crippen LogP contribution in [0.3, 0.4) is 0 Å². The third kappa shape index (κ3) is 2.55. The average molecular weight is 347 g/mol. The number of nitro groups is 1. The second kappa shape index (κ2) is 5.96. The molecule has 0 atom stereocenters. The number of hydrogen-bond acceptors (Lipinski definition) is 4. The fraction of sp³-hybridized carbons (Fsp3) is 0.0526. The van der Waals surface area contributed by atoms with E-state index in [0.717, 1.165) is 10.8 Å². The first kappa shape index (κ1) is 15.8. The van der Waals surface area contributed by atoms with Crippen LogP contribution in [-0.2, 0) is 4.79 Å². The number of benzene rings is 3. The maximum absolute atomic E-state index is 12.7. The van der Waals surface area contributed by atoms with Gasteiger partial charge in [0.2, 0.25) is 5.91 Å². The molecule has 128 valence electrons. The van der Waals surface area contributed by atoms with Crippen molar-refractivity contribution in [3.05, 3.63) is 76.3 Å². The van der Waals surface area contributed by atoms with Crippen molar-refractivity contribution < 1.29 is 14.5 Å². The molecule has 1 aliphatic heterocycles. The third-order valence-corrected chi connectivity index (χ3v) is 4.29. The Balaban J connectivity index is 1.58. The summed E-state index contributed by atoms with van der Waals surface area (Å²) in [6, 6.07) is 16.7. The lowest BCUT2D eigenvalue weighted by Gasteiger charge is -2.17. The molecule has 0 fully saturated rings. The van der Waals surface area contributed by atoms with E-state index in [-0.39, 0.29) is 18.1 Å². The molecular weight excluding hydrogens is 334 g/mol. The zero-order valence-corrected chi connectivity index (χ0v) is 13.5. The number of rotatable bonds is 4. The van der Waals surface area contributed by atoms with Crippen molar-refractivity contribution in [2.24, 2.45) is 0 Å². The highest BCUT2D eigenvalue weighted by molar-refractivity contribution is 6.26. The highest BCUT2D eigenvalue weighted by Crippen LogP contribution is 2.36. The highest BCUT2D eigenvalue weighted by atomic mass is 16.6. The maximum Gasteiger partial charge on any atom is 0.271 e. The molecule has 3 aromatic rings. The SMILES string of the molecule is O=C(CN1C(=O)c2cccc3cccc1c23)Nc1cccc([N+](=O)[O-])c1. The molecule has 26 heavy (non-hydrogen) atoms. The topological polar surface area (TPSA) is 92.6 Å². The second-order valence-electron chi connectivity index (χ2n) is 5.93. The molecule has 7 nitrogen and oxygen atoms in total. The number of carbonyl (C=O) groups excluding carboxylic acids is 2. The van der Waals surface area contributed by atoms with E-state index >= 15 is 0 Å². The molecule has 0 saturated carbocycles. The molecule has 0 saturated heterocycles. The molecule has 0 bridgehead atoms. The summed E-state index contributed by atoms with van der Waals surface area (Å²) >= 11 is 0. The molecule has 4 rings (SSSR count). The van der Waals surface area contributed by atoms with Crippen LogP contribution in [-0.4, -0.2) is 23.3 Å². The monoisotopic (exact) mass is 347 g/mol. The number of nitro benzene ring substituents is 1. The van der Waals surface area contributed by atoms with Gasteiger partial charge in [0.05, 0.1) is 10.6 Å². The van der Waals surface area contributed by atoms with E-state index in [1.165, 1.54) is 23.1 Å². The zero-order valence-electron chi connectivity index (χ0n) is 13.5. The number of amides is 2. The minimum atomic E-state index is -0.531. The van der Waals surface area contributed by atoms with Crippen molar-refractivity contribution in [1.82, 2.24) is 0 Å². The summed E-state index contributed by atoms with van der Waals surface area (Å²) in [7, 11) is 0. The summed E-state index contributed by atoms with van der Waals surface area (Å²) in [5.74, 6) is -0.658. The van der Waals surface area contributed by atoms with E-state index in [4.69, 9.17) is 0 Å². The van der Waals surface area contributed by atoms with E-state index in [0.29, 0.717) is 16.9 Å². The molecule has 1 aliphatic rings. The van der Waals surface area contributed by atoms with Crippen molar-refractivity contribution in [1.29, 1.82) is 0 Å². The van der Waals surface area contributed by atoms with E-state index in [1.807, 2.05) is 24.3 Å². The molecule has 1 N–H and O–H groups in total. The van der Waals surface area contributed by atoms with Crippen LogP contribution in [0.15, 0.2) is 60.7 Å². The van der Waals surface area contributed by atoms with Crippen LogP contribution in [0.25, 0.3) is 10.8 Å². The lowest BCUT2D eigenvalue weighted by molar-refractivity contribution is -0.384. The third-order valence-electron chi connectivity index (χ3n) is 4.29. The van der Waals surface area contributed by atoms with Gasteiger partial charge in [-0.05, 0) is 23.6 Å². The summed E-state index contributed by atoms with van der Waals surface area (Å²) in [5, 5.41) is 15.2.